The summed E-state index contributed by atoms with van der Waals surface area (Å²) in [5, 5.41) is 28.9. The van der Waals surface area contributed by atoms with E-state index in [9.17, 15) is 9.59 Å². The number of carboxylic acids is 1. The van der Waals surface area contributed by atoms with E-state index in [4.69, 9.17) is 20.2 Å². The lowest BCUT2D eigenvalue weighted by atomic mass is 10.2. The molecule has 0 heterocycles. The van der Waals surface area contributed by atoms with Crippen molar-refractivity contribution in [3.8, 4) is 11.8 Å². The Morgan fingerprint density at radius 3 is 2.71 bits per heavy atom. The fourth-order valence-corrected chi connectivity index (χ4v) is 1.51. The first-order valence-electron chi connectivity index (χ1n) is 6.30. The van der Waals surface area contributed by atoms with Crippen molar-refractivity contribution in [2.45, 2.75) is 25.6 Å². The van der Waals surface area contributed by atoms with E-state index in [1.807, 2.05) is 6.07 Å². The first kappa shape index (κ1) is 16.5. The number of amides is 1. The summed E-state index contributed by atoms with van der Waals surface area (Å²) in [5.74, 6) is -1.50. The van der Waals surface area contributed by atoms with E-state index in [0.717, 1.165) is 0 Å². The lowest BCUT2D eigenvalue weighted by Crippen LogP contribution is -2.38. The molecule has 1 rings (SSSR count). The number of nitriles is 1. The molecule has 0 radical (unpaired) electrons. The third-order valence-corrected chi connectivity index (χ3v) is 2.68. The summed E-state index contributed by atoms with van der Waals surface area (Å²) in [7, 11) is 0. The highest BCUT2D eigenvalue weighted by Gasteiger charge is 2.17. The second-order valence-electron chi connectivity index (χ2n) is 4.30. The number of benzene rings is 1. The van der Waals surface area contributed by atoms with Gasteiger partial charge >= 0.3 is 5.97 Å². The zero-order valence-electron chi connectivity index (χ0n) is 11.4. The van der Waals surface area contributed by atoms with Crippen LogP contribution < -0.4 is 10.1 Å². The topological polar surface area (TPSA) is 120 Å². The second kappa shape index (κ2) is 7.87. The molecule has 3 N–H and O–H groups in total. The number of aliphatic hydroxyl groups excluding tert-OH is 1. The summed E-state index contributed by atoms with van der Waals surface area (Å²) in [4.78, 5) is 22.2. The number of carbonyl (C=O) groups excluding carboxylic acids is 1. The number of nitrogens with zero attached hydrogens (tertiary/aromatic N) is 1. The van der Waals surface area contributed by atoms with Crippen molar-refractivity contribution in [3.05, 3.63) is 29.8 Å². The molecule has 1 unspecified atom stereocenters. The number of carbonyl (C=O) groups is 2. The number of aliphatic carboxylic acids is 1. The highest BCUT2D eigenvalue weighted by atomic mass is 16.5. The van der Waals surface area contributed by atoms with Crippen LogP contribution in [-0.2, 0) is 9.59 Å². The van der Waals surface area contributed by atoms with Gasteiger partial charge in [0.25, 0.3) is 5.91 Å². The Hall–Kier alpha value is -2.59. The van der Waals surface area contributed by atoms with Gasteiger partial charge in [-0.1, -0.05) is 12.1 Å². The van der Waals surface area contributed by atoms with Crippen molar-refractivity contribution in [2.24, 2.45) is 0 Å². The maximum atomic E-state index is 11.8. The second-order valence-corrected chi connectivity index (χ2v) is 4.30. The van der Waals surface area contributed by atoms with Crippen molar-refractivity contribution in [1.82, 2.24) is 5.32 Å². The molecule has 21 heavy (non-hydrogen) atoms. The monoisotopic (exact) mass is 292 g/mol. The zero-order valence-corrected chi connectivity index (χ0v) is 11.4. The SMILES string of the molecule is CC(Oc1ccccc1C#N)C(=O)NCC[C@H](O)C(=O)O. The van der Waals surface area contributed by atoms with Gasteiger partial charge in [0.1, 0.15) is 11.8 Å². The Morgan fingerprint density at radius 2 is 2.10 bits per heavy atom. The number of hydrogen-bond acceptors (Lipinski definition) is 5. The number of para-hydroxylation sites is 1. The Balaban J connectivity index is 2.48. The zero-order chi connectivity index (χ0) is 15.8. The number of rotatable bonds is 7. The molecule has 7 nitrogen and oxygen atoms in total. The van der Waals surface area contributed by atoms with Crippen LogP contribution >= 0.6 is 0 Å². The van der Waals surface area contributed by atoms with Gasteiger partial charge < -0.3 is 20.3 Å². The van der Waals surface area contributed by atoms with Gasteiger partial charge in [-0.05, 0) is 19.1 Å². The van der Waals surface area contributed by atoms with Crippen molar-refractivity contribution < 1.29 is 24.5 Å². The molecule has 0 saturated carbocycles. The number of ether oxygens (including phenoxy) is 1. The van der Waals surface area contributed by atoms with E-state index in [1.165, 1.54) is 6.92 Å². The van der Waals surface area contributed by atoms with Crippen LogP contribution in [0.5, 0.6) is 5.75 Å². The van der Waals surface area contributed by atoms with E-state index in [0.29, 0.717) is 11.3 Å². The lowest BCUT2D eigenvalue weighted by Gasteiger charge is -2.15. The number of aliphatic hydroxyl groups is 1. The minimum absolute atomic E-state index is 0.0138. The highest BCUT2D eigenvalue weighted by Crippen LogP contribution is 2.18. The highest BCUT2D eigenvalue weighted by molar-refractivity contribution is 5.80. The van der Waals surface area contributed by atoms with Gasteiger partial charge in [0.05, 0.1) is 5.56 Å². The first-order valence-corrected chi connectivity index (χ1v) is 6.30. The molecule has 0 fully saturated rings. The minimum atomic E-state index is -1.51. The average molecular weight is 292 g/mol. The summed E-state index contributed by atoms with van der Waals surface area (Å²) in [5.41, 5.74) is 0.318. The van der Waals surface area contributed by atoms with Crippen LogP contribution in [0.15, 0.2) is 24.3 Å². The van der Waals surface area contributed by atoms with E-state index in [2.05, 4.69) is 5.32 Å². The van der Waals surface area contributed by atoms with E-state index in [-0.39, 0.29) is 13.0 Å². The molecule has 7 heteroatoms. The van der Waals surface area contributed by atoms with Gasteiger partial charge in [0, 0.05) is 13.0 Å². The fraction of sp³-hybridized carbons (Fsp3) is 0.357. The van der Waals surface area contributed by atoms with Crippen molar-refractivity contribution in [2.75, 3.05) is 6.54 Å². The minimum Gasteiger partial charge on any atom is -0.480 e. The molecule has 0 bridgehead atoms. The molecule has 0 saturated heterocycles. The Labute approximate surface area is 121 Å². The van der Waals surface area contributed by atoms with Gasteiger partial charge in [-0.2, -0.15) is 5.26 Å². The van der Waals surface area contributed by atoms with Crippen LogP contribution in [0.25, 0.3) is 0 Å². The van der Waals surface area contributed by atoms with Crippen LogP contribution in [-0.4, -0.2) is 40.8 Å². The predicted octanol–water partition coefficient (Wildman–Crippen LogP) is 0.277. The summed E-state index contributed by atoms with van der Waals surface area (Å²) in [6, 6.07) is 8.48. The maximum absolute atomic E-state index is 11.8. The Bertz CT molecular complexity index is 553. The molecule has 112 valence electrons. The first-order chi connectivity index (χ1) is 9.95. The third kappa shape index (κ3) is 5.12. The predicted molar refractivity (Wildman–Crippen MR) is 72.5 cm³/mol. The molecule has 0 aliphatic heterocycles. The fourth-order valence-electron chi connectivity index (χ4n) is 1.51. The van der Waals surface area contributed by atoms with Gasteiger partial charge in [0.2, 0.25) is 0 Å². The summed E-state index contributed by atoms with van der Waals surface area (Å²) in [6.45, 7) is 1.52. The third-order valence-electron chi connectivity index (χ3n) is 2.68. The molecular formula is C14H16N2O5. The summed E-state index contributed by atoms with van der Waals surface area (Å²) in [6.07, 6.45) is -2.45. The van der Waals surface area contributed by atoms with Crippen LogP contribution in [0.2, 0.25) is 0 Å². The van der Waals surface area contributed by atoms with Crippen molar-refractivity contribution in [1.29, 1.82) is 5.26 Å². The summed E-state index contributed by atoms with van der Waals surface area (Å²) >= 11 is 0. The van der Waals surface area contributed by atoms with Gasteiger partial charge in [0.15, 0.2) is 12.2 Å². The smallest absolute Gasteiger partial charge is 0.332 e. The van der Waals surface area contributed by atoms with Crippen LogP contribution in [0, 0.1) is 11.3 Å². The molecule has 1 aromatic rings. The molecular weight excluding hydrogens is 276 g/mol. The van der Waals surface area contributed by atoms with Crippen molar-refractivity contribution in [3.63, 3.8) is 0 Å². The molecule has 2 atom stereocenters. The molecule has 0 spiro atoms. The lowest BCUT2D eigenvalue weighted by molar-refractivity contribution is -0.147. The summed E-state index contributed by atoms with van der Waals surface area (Å²) < 4.78 is 5.39. The number of carboxylic acid groups (broad SMARTS) is 1. The van der Waals surface area contributed by atoms with Gasteiger partial charge in [-0.25, -0.2) is 4.79 Å². The van der Waals surface area contributed by atoms with E-state index >= 15 is 0 Å². The number of nitrogens with one attached hydrogen (secondary N) is 1. The van der Waals surface area contributed by atoms with Gasteiger partial charge in [-0.3, -0.25) is 4.79 Å². The van der Waals surface area contributed by atoms with Crippen LogP contribution in [0.3, 0.4) is 0 Å². The quantitative estimate of drug-likeness (QED) is 0.664. The standard InChI is InChI=1S/C14H16N2O5/c1-9(13(18)16-7-6-11(17)14(19)20)21-12-5-3-2-4-10(12)8-15/h2-5,9,11,17H,6-7H2,1H3,(H,16,18)(H,19,20)/t9?,11-/m0/s1. The normalized spacial score (nSPS) is 12.8. The van der Waals surface area contributed by atoms with Crippen molar-refractivity contribution >= 4 is 11.9 Å². The Morgan fingerprint density at radius 1 is 1.43 bits per heavy atom. The Kier molecular flexibility index (Phi) is 6.17. The van der Waals surface area contributed by atoms with Crippen LogP contribution in [0.4, 0.5) is 0 Å². The average Bonchev–Trinajstić information content (AvgIpc) is 2.47. The largest absolute Gasteiger partial charge is 0.480 e. The molecule has 0 aromatic heterocycles. The molecule has 0 aliphatic carbocycles. The van der Waals surface area contributed by atoms with Crippen LogP contribution in [0.1, 0.15) is 18.9 Å². The maximum Gasteiger partial charge on any atom is 0.332 e. The molecule has 1 aromatic carbocycles. The van der Waals surface area contributed by atoms with E-state index in [1.54, 1.807) is 24.3 Å². The molecule has 1 amide bonds. The molecule has 0 aliphatic rings. The van der Waals surface area contributed by atoms with Gasteiger partial charge in [-0.15, -0.1) is 0 Å². The van der Waals surface area contributed by atoms with E-state index < -0.39 is 24.1 Å². The number of hydrogen-bond donors (Lipinski definition) is 3.